The largest absolute Gasteiger partial charge is 0.446 e. The topological polar surface area (TPSA) is 62.7 Å². The monoisotopic (exact) mass is 358 g/mol. The quantitative estimate of drug-likeness (QED) is 0.850. The number of benzene rings is 1. The van der Waals surface area contributed by atoms with E-state index in [1.165, 1.54) is 12.3 Å². The Hall–Kier alpha value is -2.47. The molecule has 1 aromatic carbocycles. The maximum atomic E-state index is 13.0. The van der Waals surface area contributed by atoms with Crippen molar-refractivity contribution in [3.63, 3.8) is 0 Å². The summed E-state index contributed by atoms with van der Waals surface area (Å²) < 4.78 is 18.5. The molecule has 2 heterocycles. The molecule has 6 heteroatoms. The second kappa shape index (κ2) is 8.27. The molecule has 2 aromatic rings. The van der Waals surface area contributed by atoms with E-state index in [2.05, 4.69) is 4.98 Å². The number of hydrogen-bond donors (Lipinski definition) is 1. The molecule has 1 saturated heterocycles. The van der Waals surface area contributed by atoms with Gasteiger partial charge in [0, 0.05) is 25.1 Å². The van der Waals surface area contributed by atoms with E-state index in [-0.39, 0.29) is 30.7 Å². The Kier molecular flexibility index (Phi) is 5.83. The number of ether oxygens (including phenoxy) is 1. The van der Waals surface area contributed by atoms with Crippen molar-refractivity contribution < 1.29 is 19.0 Å². The summed E-state index contributed by atoms with van der Waals surface area (Å²) in [5, 5.41) is 8.90. The molecule has 1 N–H and O–H groups in total. The van der Waals surface area contributed by atoms with Gasteiger partial charge in [-0.15, -0.1) is 0 Å². The maximum Gasteiger partial charge on any atom is 0.410 e. The van der Waals surface area contributed by atoms with Crippen LogP contribution in [0.15, 0.2) is 42.6 Å². The van der Waals surface area contributed by atoms with Crippen LogP contribution in [0.3, 0.4) is 0 Å². The molecule has 0 spiro atoms. The molecule has 138 valence electrons. The molecule has 1 fully saturated rings. The molecule has 0 saturated carbocycles. The molecule has 0 aliphatic carbocycles. The van der Waals surface area contributed by atoms with Gasteiger partial charge in [0.05, 0.1) is 17.9 Å². The lowest BCUT2D eigenvalue weighted by atomic mass is 10.0. The van der Waals surface area contributed by atoms with E-state index in [4.69, 9.17) is 9.84 Å². The Labute approximate surface area is 152 Å². The van der Waals surface area contributed by atoms with Gasteiger partial charge in [0.15, 0.2) is 0 Å². The average molecular weight is 358 g/mol. The van der Waals surface area contributed by atoms with Gasteiger partial charge in [-0.3, -0.25) is 4.98 Å². The van der Waals surface area contributed by atoms with Gasteiger partial charge in [0.2, 0.25) is 0 Å². The predicted molar refractivity (Wildman–Crippen MR) is 96.0 cm³/mol. The second-order valence-corrected chi connectivity index (χ2v) is 6.51. The number of hydrogen-bond acceptors (Lipinski definition) is 4. The summed E-state index contributed by atoms with van der Waals surface area (Å²) in [5.74, 6) is -0.361. The Morgan fingerprint density at radius 3 is 2.69 bits per heavy atom. The number of amides is 1. The van der Waals surface area contributed by atoms with E-state index in [9.17, 15) is 9.18 Å². The summed E-state index contributed by atoms with van der Waals surface area (Å²) in [6.45, 7) is 2.72. The maximum absolute atomic E-state index is 13.0. The van der Waals surface area contributed by atoms with Crippen molar-refractivity contribution in [2.45, 2.75) is 38.3 Å². The molecule has 3 rings (SSSR count). The van der Waals surface area contributed by atoms with Gasteiger partial charge in [0.25, 0.3) is 0 Å². The lowest BCUT2D eigenvalue weighted by Gasteiger charge is -2.35. The van der Waals surface area contributed by atoms with Gasteiger partial charge < -0.3 is 14.7 Å². The van der Waals surface area contributed by atoms with Crippen LogP contribution in [0, 0.1) is 5.82 Å². The number of carbonyl (C=O) groups excluding carboxylic acids is 1. The predicted octanol–water partition coefficient (Wildman–Crippen LogP) is 3.93. The number of aromatic nitrogens is 1. The summed E-state index contributed by atoms with van der Waals surface area (Å²) in [6.07, 6.45) is 2.90. The summed E-state index contributed by atoms with van der Waals surface area (Å²) in [4.78, 5) is 18.1. The zero-order valence-electron chi connectivity index (χ0n) is 14.8. The number of pyridine rings is 1. The first-order valence-electron chi connectivity index (χ1n) is 8.88. The van der Waals surface area contributed by atoms with Crippen molar-refractivity contribution in [2.75, 3.05) is 13.2 Å². The number of aliphatic hydroxyl groups excluding tert-OH is 1. The Bertz CT molecular complexity index is 734. The lowest BCUT2D eigenvalue weighted by Crippen LogP contribution is -2.43. The van der Waals surface area contributed by atoms with Crippen molar-refractivity contribution in [1.29, 1.82) is 0 Å². The molecule has 2 atom stereocenters. The summed E-state index contributed by atoms with van der Waals surface area (Å²) in [7, 11) is 0. The highest BCUT2D eigenvalue weighted by Crippen LogP contribution is 2.28. The smallest absolute Gasteiger partial charge is 0.410 e. The third-order valence-corrected chi connectivity index (χ3v) is 4.76. The Balaban J connectivity index is 1.65. The zero-order valence-corrected chi connectivity index (χ0v) is 14.8. The van der Waals surface area contributed by atoms with Gasteiger partial charge in [-0.1, -0.05) is 24.3 Å². The first-order chi connectivity index (χ1) is 12.6. The number of cyclic esters (lactones) is 1. The Morgan fingerprint density at radius 1 is 1.31 bits per heavy atom. The molecule has 1 amide bonds. The molecule has 2 unspecified atom stereocenters. The van der Waals surface area contributed by atoms with Crippen LogP contribution < -0.4 is 0 Å². The number of aliphatic hydroxyl groups is 1. The highest BCUT2D eigenvalue weighted by atomic mass is 19.1. The van der Waals surface area contributed by atoms with Crippen LogP contribution in [0.2, 0.25) is 0 Å². The van der Waals surface area contributed by atoms with Crippen molar-refractivity contribution in [3.8, 4) is 11.3 Å². The summed E-state index contributed by atoms with van der Waals surface area (Å²) >= 11 is 0. The molecule has 0 bridgehead atoms. The minimum absolute atomic E-state index is 0.100. The molecule has 1 aliphatic heterocycles. The lowest BCUT2D eigenvalue weighted by molar-refractivity contribution is 0.00760. The van der Waals surface area contributed by atoms with Crippen molar-refractivity contribution in [2.24, 2.45) is 0 Å². The molecule has 1 aromatic heterocycles. The average Bonchev–Trinajstić information content (AvgIpc) is 2.67. The fraction of sp³-hybridized carbons (Fsp3) is 0.400. The molecule has 0 radical (unpaired) electrons. The van der Waals surface area contributed by atoms with E-state index in [0.29, 0.717) is 25.1 Å². The van der Waals surface area contributed by atoms with Crippen LogP contribution >= 0.6 is 0 Å². The van der Waals surface area contributed by atoms with Crippen molar-refractivity contribution in [1.82, 2.24) is 9.88 Å². The van der Waals surface area contributed by atoms with Gasteiger partial charge in [0.1, 0.15) is 11.9 Å². The number of rotatable bonds is 6. The Morgan fingerprint density at radius 2 is 2.08 bits per heavy atom. The second-order valence-electron chi connectivity index (χ2n) is 6.51. The van der Waals surface area contributed by atoms with Gasteiger partial charge in [-0.2, -0.15) is 0 Å². The summed E-state index contributed by atoms with van der Waals surface area (Å²) in [6, 6.07) is 10.7. The van der Waals surface area contributed by atoms with Crippen LogP contribution in [0.25, 0.3) is 11.3 Å². The minimum atomic E-state index is -0.361. The fourth-order valence-electron chi connectivity index (χ4n) is 3.18. The number of nitrogens with zero attached hydrogens (tertiary/aromatic N) is 2. The number of halogens is 1. The first kappa shape index (κ1) is 18.3. The van der Waals surface area contributed by atoms with E-state index in [1.54, 1.807) is 11.0 Å². The minimum Gasteiger partial charge on any atom is -0.446 e. The van der Waals surface area contributed by atoms with Gasteiger partial charge in [-0.05, 0) is 37.5 Å². The van der Waals surface area contributed by atoms with E-state index >= 15 is 0 Å². The molecular formula is C20H23FN2O3. The highest BCUT2D eigenvalue weighted by Gasteiger charge is 2.30. The van der Waals surface area contributed by atoms with Crippen LogP contribution in [0.1, 0.15) is 37.8 Å². The first-order valence-corrected chi connectivity index (χ1v) is 8.88. The van der Waals surface area contributed by atoms with Crippen molar-refractivity contribution >= 4 is 6.09 Å². The number of carbonyl (C=O) groups is 1. The third-order valence-electron chi connectivity index (χ3n) is 4.76. The fourth-order valence-corrected chi connectivity index (χ4v) is 3.18. The SMILES string of the molecule is CC(c1ccc(-c2ccc(F)cn2)cc1)N1CCC(CCCO)OC1=O. The van der Waals surface area contributed by atoms with E-state index in [0.717, 1.165) is 17.5 Å². The third kappa shape index (κ3) is 4.19. The zero-order chi connectivity index (χ0) is 18.5. The molecule has 5 nitrogen and oxygen atoms in total. The van der Waals surface area contributed by atoms with Crippen LogP contribution in [-0.2, 0) is 4.74 Å². The van der Waals surface area contributed by atoms with Gasteiger partial charge in [-0.25, -0.2) is 9.18 Å². The van der Waals surface area contributed by atoms with Crippen LogP contribution in [0.5, 0.6) is 0 Å². The highest BCUT2D eigenvalue weighted by molar-refractivity contribution is 5.69. The van der Waals surface area contributed by atoms with Crippen molar-refractivity contribution in [3.05, 3.63) is 54.0 Å². The van der Waals surface area contributed by atoms with E-state index in [1.807, 2.05) is 31.2 Å². The van der Waals surface area contributed by atoms with Gasteiger partial charge >= 0.3 is 6.09 Å². The van der Waals surface area contributed by atoms with Crippen LogP contribution in [-0.4, -0.2) is 40.3 Å². The van der Waals surface area contributed by atoms with Crippen LogP contribution in [0.4, 0.5) is 9.18 Å². The van der Waals surface area contributed by atoms with E-state index < -0.39 is 0 Å². The summed E-state index contributed by atoms with van der Waals surface area (Å²) in [5.41, 5.74) is 2.60. The molecular weight excluding hydrogens is 335 g/mol. The normalized spacial score (nSPS) is 18.5. The molecule has 26 heavy (non-hydrogen) atoms. The molecule has 1 aliphatic rings. The standard InChI is InChI=1S/C20H23FN2O3/c1-14(23-11-10-18(3-2-12-24)26-20(23)25)15-4-6-16(7-5-15)19-9-8-17(21)13-22-19/h4-9,13-14,18,24H,2-3,10-12H2,1H3.